The molecule has 2 nitrogen and oxygen atoms in total. The molecule has 0 aliphatic carbocycles. The molecule has 0 saturated carbocycles. The lowest BCUT2D eigenvalue weighted by atomic mass is 10.1. The quantitative estimate of drug-likeness (QED) is 0.466. The Bertz CT molecular complexity index is 111. The topological polar surface area (TPSA) is 32.8 Å². The summed E-state index contributed by atoms with van der Waals surface area (Å²) in [6, 6.07) is 0. The van der Waals surface area contributed by atoms with Gasteiger partial charge in [0.1, 0.15) is 0 Å². The minimum atomic E-state index is 0.327. The number of aliphatic hydroxyl groups is 1. The molecule has 2 heteroatoms. The van der Waals surface area contributed by atoms with E-state index in [1.807, 2.05) is 0 Å². The maximum absolute atomic E-state index is 8.60. The summed E-state index contributed by atoms with van der Waals surface area (Å²) >= 11 is 0. The lowest BCUT2D eigenvalue weighted by Gasteiger charge is -1.95. The number of rotatable bonds is 8. The van der Waals surface area contributed by atoms with Gasteiger partial charge in [-0.05, 0) is 25.7 Å². The van der Waals surface area contributed by atoms with E-state index in [1.165, 1.54) is 25.7 Å². The fraction of sp³-hybridized carbons (Fsp3) is 1.00. The molecule has 0 radical (unpaired) electrons. The van der Waals surface area contributed by atoms with Crippen LogP contribution in [0.2, 0.25) is 0 Å². The predicted molar refractivity (Wildman–Crippen MR) is 53.7 cm³/mol. The standard InChI is InChI=1S/C11H22O2/c1-2-3-4-7-10-11(13-10)8-5-6-9-12/h10-12H,2-9H2,1H3. The molecule has 78 valence electrons. The van der Waals surface area contributed by atoms with E-state index >= 15 is 0 Å². The predicted octanol–water partition coefficient (Wildman–Crippen LogP) is 2.50. The van der Waals surface area contributed by atoms with Crippen LogP contribution in [0.1, 0.15) is 51.9 Å². The molecule has 1 heterocycles. The van der Waals surface area contributed by atoms with Crippen LogP contribution in [-0.4, -0.2) is 23.9 Å². The van der Waals surface area contributed by atoms with Gasteiger partial charge in [-0.15, -0.1) is 0 Å². The number of unbranched alkanes of at least 4 members (excludes halogenated alkanes) is 3. The summed E-state index contributed by atoms with van der Waals surface area (Å²) in [5.74, 6) is 0. The van der Waals surface area contributed by atoms with Crippen molar-refractivity contribution in [3.63, 3.8) is 0 Å². The molecule has 2 atom stereocenters. The van der Waals surface area contributed by atoms with Crippen LogP contribution >= 0.6 is 0 Å². The first-order chi connectivity index (χ1) is 6.38. The molecular weight excluding hydrogens is 164 g/mol. The van der Waals surface area contributed by atoms with Crippen LogP contribution in [0.4, 0.5) is 0 Å². The van der Waals surface area contributed by atoms with Crippen LogP contribution in [0, 0.1) is 0 Å². The Hall–Kier alpha value is -0.0800. The van der Waals surface area contributed by atoms with Crippen molar-refractivity contribution >= 4 is 0 Å². The largest absolute Gasteiger partial charge is 0.396 e. The van der Waals surface area contributed by atoms with Gasteiger partial charge in [-0.2, -0.15) is 0 Å². The van der Waals surface area contributed by atoms with Gasteiger partial charge in [-0.3, -0.25) is 0 Å². The highest BCUT2D eigenvalue weighted by Crippen LogP contribution is 2.31. The molecule has 1 saturated heterocycles. The molecule has 0 amide bonds. The molecule has 1 N–H and O–H groups in total. The fourth-order valence-corrected chi connectivity index (χ4v) is 1.74. The van der Waals surface area contributed by atoms with Gasteiger partial charge < -0.3 is 9.84 Å². The minimum Gasteiger partial charge on any atom is -0.396 e. The molecule has 1 aliphatic heterocycles. The summed E-state index contributed by atoms with van der Waals surface area (Å²) in [7, 11) is 0. The number of epoxide rings is 1. The second-order valence-corrected chi connectivity index (χ2v) is 3.93. The third-order valence-electron chi connectivity index (χ3n) is 2.68. The monoisotopic (exact) mass is 186 g/mol. The lowest BCUT2D eigenvalue weighted by molar-refractivity contribution is 0.278. The molecule has 0 aromatic heterocycles. The van der Waals surface area contributed by atoms with E-state index in [-0.39, 0.29) is 0 Å². The maximum atomic E-state index is 8.60. The third-order valence-corrected chi connectivity index (χ3v) is 2.68. The summed E-state index contributed by atoms with van der Waals surface area (Å²) in [5, 5.41) is 8.60. The van der Waals surface area contributed by atoms with Crippen molar-refractivity contribution in [3.05, 3.63) is 0 Å². The molecule has 0 spiro atoms. The highest BCUT2D eigenvalue weighted by atomic mass is 16.6. The van der Waals surface area contributed by atoms with Crippen LogP contribution in [-0.2, 0) is 4.74 Å². The van der Waals surface area contributed by atoms with Crippen molar-refractivity contribution in [2.75, 3.05) is 6.61 Å². The number of ether oxygens (including phenoxy) is 1. The van der Waals surface area contributed by atoms with Crippen LogP contribution in [0.5, 0.6) is 0 Å². The average Bonchev–Trinajstić information content (AvgIpc) is 2.85. The molecule has 0 bridgehead atoms. The minimum absolute atomic E-state index is 0.327. The maximum Gasteiger partial charge on any atom is 0.0841 e. The molecule has 1 rings (SSSR count). The van der Waals surface area contributed by atoms with Crippen molar-refractivity contribution < 1.29 is 9.84 Å². The summed E-state index contributed by atoms with van der Waals surface area (Å²) in [4.78, 5) is 0. The Morgan fingerprint density at radius 2 is 1.62 bits per heavy atom. The Labute approximate surface area is 81.3 Å². The average molecular weight is 186 g/mol. The Balaban J connectivity index is 1.85. The van der Waals surface area contributed by atoms with Gasteiger partial charge >= 0.3 is 0 Å². The van der Waals surface area contributed by atoms with Gasteiger partial charge in [0, 0.05) is 6.61 Å². The van der Waals surface area contributed by atoms with Gasteiger partial charge in [-0.1, -0.05) is 26.2 Å². The summed E-state index contributed by atoms with van der Waals surface area (Å²) in [6.07, 6.45) is 9.48. The van der Waals surface area contributed by atoms with E-state index in [0.717, 1.165) is 19.3 Å². The Kier molecular flexibility index (Phi) is 5.40. The number of hydrogen-bond acceptors (Lipinski definition) is 2. The normalized spacial score (nSPS) is 26.3. The van der Waals surface area contributed by atoms with Gasteiger partial charge in [0.2, 0.25) is 0 Å². The third kappa shape index (κ3) is 4.63. The van der Waals surface area contributed by atoms with Crippen molar-refractivity contribution in [1.82, 2.24) is 0 Å². The van der Waals surface area contributed by atoms with Gasteiger partial charge in [0.05, 0.1) is 12.2 Å². The van der Waals surface area contributed by atoms with Crippen LogP contribution in [0.25, 0.3) is 0 Å². The molecular formula is C11H22O2. The van der Waals surface area contributed by atoms with E-state index in [9.17, 15) is 0 Å². The van der Waals surface area contributed by atoms with Gasteiger partial charge in [0.15, 0.2) is 0 Å². The van der Waals surface area contributed by atoms with Crippen LogP contribution < -0.4 is 0 Å². The SMILES string of the molecule is CCCCCC1OC1CCCCO. The van der Waals surface area contributed by atoms with Crippen LogP contribution in [0.3, 0.4) is 0 Å². The molecule has 13 heavy (non-hydrogen) atoms. The Morgan fingerprint density at radius 3 is 2.15 bits per heavy atom. The zero-order chi connectivity index (χ0) is 9.52. The second-order valence-electron chi connectivity index (χ2n) is 3.93. The first kappa shape index (κ1) is 11.0. The highest BCUT2D eigenvalue weighted by molar-refractivity contribution is 4.84. The van der Waals surface area contributed by atoms with E-state index in [2.05, 4.69) is 6.92 Å². The second kappa shape index (κ2) is 6.39. The smallest absolute Gasteiger partial charge is 0.0841 e. The Morgan fingerprint density at radius 1 is 1.00 bits per heavy atom. The van der Waals surface area contributed by atoms with Crippen molar-refractivity contribution in [2.24, 2.45) is 0 Å². The first-order valence-corrected chi connectivity index (χ1v) is 5.64. The zero-order valence-electron chi connectivity index (χ0n) is 8.67. The molecule has 2 unspecified atom stereocenters. The molecule has 1 aliphatic rings. The van der Waals surface area contributed by atoms with Crippen molar-refractivity contribution in [2.45, 2.75) is 64.1 Å². The van der Waals surface area contributed by atoms with Crippen LogP contribution in [0.15, 0.2) is 0 Å². The lowest BCUT2D eigenvalue weighted by Crippen LogP contribution is -1.95. The fourth-order valence-electron chi connectivity index (χ4n) is 1.74. The van der Waals surface area contributed by atoms with Gasteiger partial charge in [-0.25, -0.2) is 0 Å². The van der Waals surface area contributed by atoms with E-state index in [0.29, 0.717) is 18.8 Å². The van der Waals surface area contributed by atoms with E-state index in [4.69, 9.17) is 9.84 Å². The molecule has 0 aromatic rings. The molecule has 1 fully saturated rings. The van der Waals surface area contributed by atoms with Gasteiger partial charge in [0.25, 0.3) is 0 Å². The highest BCUT2D eigenvalue weighted by Gasteiger charge is 2.36. The van der Waals surface area contributed by atoms with Crippen molar-refractivity contribution in [3.8, 4) is 0 Å². The van der Waals surface area contributed by atoms with Crippen molar-refractivity contribution in [1.29, 1.82) is 0 Å². The summed E-state index contributed by atoms with van der Waals surface area (Å²) in [5.41, 5.74) is 0. The number of hydrogen-bond donors (Lipinski definition) is 1. The summed E-state index contributed by atoms with van der Waals surface area (Å²) in [6.45, 7) is 2.56. The number of aliphatic hydroxyl groups excluding tert-OH is 1. The van der Waals surface area contributed by atoms with E-state index < -0.39 is 0 Å². The molecule has 0 aromatic carbocycles. The summed E-state index contributed by atoms with van der Waals surface area (Å²) < 4.78 is 5.53. The van der Waals surface area contributed by atoms with E-state index in [1.54, 1.807) is 0 Å². The first-order valence-electron chi connectivity index (χ1n) is 5.64. The zero-order valence-corrected chi connectivity index (χ0v) is 8.67.